The average Bonchev–Trinajstić information content (AvgIpc) is 3.36. The van der Waals surface area contributed by atoms with Crippen molar-refractivity contribution in [2.75, 3.05) is 0 Å². The number of hydrogen-bond acceptors (Lipinski definition) is 1. The van der Waals surface area contributed by atoms with Crippen LogP contribution in [0.5, 0.6) is 0 Å². The largest absolute Gasteiger partial charge is 0.297 e. The molecule has 1 aliphatic rings. The van der Waals surface area contributed by atoms with Gasteiger partial charge in [-0.05, 0) is 89.9 Å². The number of imidazole rings is 1. The number of rotatable bonds is 3. The molecule has 0 amide bonds. The monoisotopic (exact) mass is 468 g/mol. The number of nitrogens with zero attached hydrogens (tertiary/aromatic N) is 2. The maximum atomic E-state index is 4.82. The van der Waals surface area contributed by atoms with Crippen molar-refractivity contribution < 1.29 is 0 Å². The first-order valence-corrected chi connectivity index (χ1v) is 12.7. The third-order valence-corrected chi connectivity index (χ3v) is 8.02. The molecule has 0 unspecified atom stereocenters. The zero-order chi connectivity index (χ0) is 25.2. The Hall–Kier alpha value is -3.91. The van der Waals surface area contributed by atoms with Gasteiger partial charge in [0.2, 0.25) is 0 Å². The van der Waals surface area contributed by atoms with Gasteiger partial charge >= 0.3 is 0 Å². The highest BCUT2D eigenvalue weighted by molar-refractivity contribution is 5.83. The molecule has 0 bridgehead atoms. The molecule has 0 saturated heterocycles. The molecule has 0 spiro atoms. The molecule has 2 heteroatoms. The zero-order valence-electron chi connectivity index (χ0n) is 22.0. The van der Waals surface area contributed by atoms with Gasteiger partial charge in [0.15, 0.2) is 0 Å². The summed E-state index contributed by atoms with van der Waals surface area (Å²) < 4.78 is 2.29. The van der Waals surface area contributed by atoms with Gasteiger partial charge in [-0.3, -0.25) is 4.57 Å². The van der Waals surface area contributed by atoms with Gasteiger partial charge in [0, 0.05) is 22.9 Å². The zero-order valence-corrected chi connectivity index (χ0v) is 22.0. The highest BCUT2D eigenvalue weighted by Crippen LogP contribution is 2.49. The van der Waals surface area contributed by atoms with Crippen molar-refractivity contribution in [2.24, 2.45) is 0 Å². The van der Waals surface area contributed by atoms with Crippen LogP contribution in [0, 0.1) is 27.7 Å². The molecule has 0 saturated carbocycles. The number of aryl methyl sites for hydroxylation is 3. The Kier molecular flexibility index (Phi) is 5.05. The van der Waals surface area contributed by atoms with Crippen molar-refractivity contribution in [2.45, 2.75) is 47.0 Å². The van der Waals surface area contributed by atoms with E-state index >= 15 is 0 Å². The quantitative estimate of drug-likeness (QED) is 0.259. The Labute approximate surface area is 214 Å². The summed E-state index contributed by atoms with van der Waals surface area (Å²) >= 11 is 0. The van der Waals surface area contributed by atoms with Crippen LogP contribution in [0.3, 0.4) is 0 Å². The summed E-state index contributed by atoms with van der Waals surface area (Å²) in [5, 5.41) is 0. The number of fused-ring (bicyclic) bond motifs is 3. The predicted octanol–water partition coefficient (Wildman–Crippen LogP) is 8.75. The van der Waals surface area contributed by atoms with Crippen molar-refractivity contribution in [1.82, 2.24) is 9.55 Å². The molecule has 0 aliphatic heterocycles. The third-order valence-electron chi connectivity index (χ3n) is 8.02. The van der Waals surface area contributed by atoms with Crippen LogP contribution in [0.15, 0.2) is 85.1 Å². The number of hydrogen-bond donors (Lipinski definition) is 0. The van der Waals surface area contributed by atoms with Gasteiger partial charge < -0.3 is 0 Å². The first-order valence-electron chi connectivity index (χ1n) is 12.7. The summed E-state index contributed by atoms with van der Waals surface area (Å²) in [5.41, 5.74) is 15.4. The lowest BCUT2D eigenvalue weighted by Crippen LogP contribution is -2.14. The lowest BCUT2D eigenvalue weighted by Gasteiger charge is -2.22. The summed E-state index contributed by atoms with van der Waals surface area (Å²) in [4.78, 5) is 4.82. The molecule has 36 heavy (non-hydrogen) atoms. The summed E-state index contributed by atoms with van der Waals surface area (Å²) in [6.45, 7) is 13.3. The van der Waals surface area contributed by atoms with Crippen LogP contribution in [0.25, 0.3) is 39.3 Å². The van der Waals surface area contributed by atoms with Gasteiger partial charge in [-0.15, -0.1) is 0 Å². The second-order valence-electron chi connectivity index (χ2n) is 10.8. The van der Waals surface area contributed by atoms with Gasteiger partial charge in [0.05, 0.1) is 5.69 Å². The van der Waals surface area contributed by atoms with E-state index in [1.54, 1.807) is 0 Å². The Morgan fingerprint density at radius 2 is 1.33 bits per heavy atom. The first-order chi connectivity index (χ1) is 17.3. The summed E-state index contributed by atoms with van der Waals surface area (Å²) in [5.74, 6) is 0.984. The Bertz CT molecular complexity index is 1630. The molecule has 5 aromatic rings. The minimum atomic E-state index is 0.00790. The Morgan fingerprint density at radius 1 is 0.667 bits per heavy atom. The molecule has 1 heterocycles. The summed E-state index contributed by atoms with van der Waals surface area (Å²) in [6, 6.07) is 29.1. The maximum Gasteiger partial charge on any atom is 0.144 e. The van der Waals surface area contributed by atoms with Crippen LogP contribution in [0.1, 0.15) is 47.4 Å². The van der Waals surface area contributed by atoms with Crippen LogP contribution in [0.2, 0.25) is 0 Å². The van der Waals surface area contributed by atoms with E-state index in [1.165, 1.54) is 55.8 Å². The molecule has 0 radical (unpaired) electrons. The fourth-order valence-electron chi connectivity index (χ4n) is 5.89. The second kappa shape index (κ2) is 8.06. The lowest BCUT2D eigenvalue weighted by atomic mass is 9.81. The van der Waals surface area contributed by atoms with Crippen LogP contribution in [-0.2, 0) is 5.41 Å². The number of aromatic nitrogens is 2. The molecule has 4 aromatic carbocycles. The summed E-state index contributed by atoms with van der Waals surface area (Å²) in [7, 11) is 0. The van der Waals surface area contributed by atoms with Gasteiger partial charge in [-0.25, -0.2) is 4.98 Å². The average molecular weight is 469 g/mol. The van der Waals surface area contributed by atoms with E-state index in [0.717, 1.165) is 17.1 Å². The van der Waals surface area contributed by atoms with Gasteiger partial charge in [0.1, 0.15) is 5.82 Å². The van der Waals surface area contributed by atoms with E-state index in [9.17, 15) is 0 Å². The van der Waals surface area contributed by atoms with Crippen LogP contribution in [0.4, 0.5) is 0 Å². The second-order valence-corrected chi connectivity index (χ2v) is 10.8. The fraction of sp³-hybridized carbons (Fsp3) is 0.206. The fourth-order valence-corrected chi connectivity index (χ4v) is 5.89. The standard InChI is InChI=1S/C34H32N2/c1-21-17-22(2)24(4)32(18-21)36-23(3)20-35-33(36)26-13-11-25(12-14-26)27-15-16-29-28-9-7-8-10-30(28)34(5,6)31(29)19-27/h7-20H,1-6H3. The summed E-state index contributed by atoms with van der Waals surface area (Å²) in [6.07, 6.45) is 1.97. The van der Waals surface area contributed by atoms with Gasteiger partial charge in [-0.2, -0.15) is 0 Å². The molecular weight excluding hydrogens is 436 g/mol. The van der Waals surface area contributed by atoms with E-state index in [-0.39, 0.29) is 5.41 Å². The van der Waals surface area contributed by atoms with E-state index in [4.69, 9.17) is 4.98 Å². The van der Waals surface area contributed by atoms with Gasteiger partial charge in [0.25, 0.3) is 0 Å². The Balaban J connectivity index is 1.39. The molecule has 1 aromatic heterocycles. The highest BCUT2D eigenvalue weighted by atomic mass is 15.1. The van der Waals surface area contributed by atoms with Crippen molar-refractivity contribution in [3.63, 3.8) is 0 Å². The molecule has 178 valence electrons. The smallest absolute Gasteiger partial charge is 0.144 e. The van der Waals surface area contributed by atoms with E-state index < -0.39 is 0 Å². The van der Waals surface area contributed by atoms with Crippen LogP contribution >= 0.6 is 0 Å². The molecule has 1 aliphatic carbocycles. The van der Waals surface area contributed by atoms with E-state index in [1.807, 2.05) is 6.20 Å². The Morgan fingerprint density at radius 3 is 2.11 bits per heavy atom. The van der Waals surface area contributed by atoms with Crippen LogP contribution < -0.4 is 0 Å². The molecule has 0 atom stereocenters. The van der Waals surface area contributed by atoms with Crippen LogP contribution in [-0.4, -0.2) is 9.55 Å². The van der Waals surface area contributed by atoms with E-state index in [0.29, 0.717) is 0 Å². The normalized spacial score (nSPS) is 13.5. The highest BCUT2D eigenvalue weighted by Gasteiger charge is 2.35. The first kappa shape index (κ1) is 22.5. The third kappa shape index (κ3) is 3.36. The molecule has 2 nitrogen and oxygen atoms in total. The van der Waals surface area contributed by atoms with Crippen molar-refractivity contribution in [1.29, 1.82) is 0 Å². The van der Waals surface area contributed by atoms with Gasteiger partial charge in [-0.1, -0.05) is 80.6 Å². The SMILES string of the molecule is Cc1cc(C)c(C)c(-n2c(C)cnc2-c2ccc(-c3ccc4c(c3)C(C)(C)c3ccccc3-4)cc2)c1. The van der Waals surface area contributed by atoms with E-state index in [2.05, 4.69) is 125 Å². The van der Waals surface area contributed by atoms with Crippen molar-refractivity contribution in [3.05, 3.63) is 119 Å². The lowest BCUT2D eigenvalue weighted by molar-refractivity contribution is 0.660. The van der Waals surface area contributed by atoms with Crippen molar-refractivity contribution >= 4 is 0 Å². The molecule has 0 N–H and O–H groups in total. The minimum absolute atomic E-state index is 0.00790. The molecule has 6 rings (SSSR count). The van der Waals surface area contributed by atoms with Crippen molar-refractivity contribution in [3.8, 4) is 39.3 Å². The predicted molar refractivity (Wildman–Crippen MR) is 151 cm³/mol. The molecule has 0 fully saturated rings. The number of benzene rings is 4. The maximum absolute atomic E-state index is 4.82. The topological polar surface area (TPSA) is 17.8 Å². The molecular formula is C34H32N2. The minimum Gasteiger partial charge on any atom is -0.297 e.